The summed E-state index contributed by atoms with van der Waals surface area (Å²) in [6.45, 7) is 10.5. The van der Waals surface area contributed by atoms with Crippen LogP contribution in [0.4, 0.5) is 0 Å². The van der Waals surface area contributed by atoms with Gasteiger partial charge in [-0.25, -0.2) is 8.42 Å². The van der Waals surface area contributed by atoms with Gasteiger partial charge in [0.05, 0.1) is 11.5 Å². The molecule has 0 aliphatic rings. The second-order valence-electron chi connectivity index (χ2n) is 2.95. The molecule has 12 heavy (non-hydrogen) atoms. The Labute approximate surface area is 80.7 Å². The molecule has 72 valence electrons. The molecule has 4 heteroatoms. The summed E-state index contributed by atoms with van der Waals surface area (Å²) in [5.41, 5.74) is 1.34. The van der Waals surface area contributed by atoms with Gasteiger partial charge in [-0.05, 0) is 13.8 Å². The fraction of sp³-hybridized carbons (Fsp3) is 0.500. The molecule has 0 rings (SSSR count). The average molecular weight is 211 g/mol. The molecule has 0 atom stereocenters. The number of rotatable bonds is 4. The first-order valence-corrected chi connectivity index (χ1v) is 5.15. The van der Waals surface area contributed by atoms with Crippen molar-refractivity contribution in [2.75, 3.05) is 11.5 Å². The van der Waals surface area contributed by atoms with E-state index in [-0.39, 0.29) is 23.9 Å². The summed E-state index contributed by atoms with van der Waals surface area (Å²) >= 11 is 0. The molecule has 0 saturated carbocycles. The molecule has 0 amide bonds. The number of halogens is 1. The highest BCUT2D eigenvalue weighted by atomic mass is 35.5. The minimum atomic E-state index is -2.98. The zero-order valence-electron chi connectivity index (χ0n) is 7.46. The van der Waals surface area contributed by atoms with Crippen LogP contribution in [0.1, 0.15) is 13.8 Å². The Morgan fingerprint density at radius 2 is 1.33 bits per heavy atom. The van der Waals surface area contributed by atoms with Crippen molar-refractivity contribution < 1.29 is 8.42 Å². The Balaban J connectivity index is 0. The van der Waals surface area contributed by atoms with Gasteiger partial charge in [-0.1, -0.05) is 24.3 Å². The standard InChI is InChI=1S/C8H14O2S.ClH/c1-7(2)5-11(9,10)6-8(3)4;/h1,3,5-6H2,2,4H3;1H. The lowest BCUT2D eigenvalue weighted by Gasteiger charge is -2.01. The Hall–Kier alpha value is -0.280. The van der Waals surface area contributed by atoms with E-state index in [1.54, 1.807) is 13.8 Å². The third-order valence-corrected chi connectivity index (χ3v) is 2.80. The maximum atomic E-state index is 11.1. The summed E-state index contributed by atoms with van der Waals surface area (Å²) in [4.78, 5) is 0. The first-order valence-electron chi connectivity index (χ1n) is 3.32. The van der Waals surface area contributed by atoms with Gasteiger partial charge in [0.1, 0.15) is 0 Å². The van der Waals surface area contributed by atoms with E-state index in [0.717, 1.165) is 0 Å². The van der Waals surface area contributed by atoms with Gasteiger partial charge in [-0.3, -0.25) is 0 Å². The Morgan fingerprint density at radius 3 is 1.50 bits per heavy atom. The van der Waals surface area contributed by atoms with Gasteiger partial charge in [0.25, 0.3) is 0 Å². The minimum absolute atomic E-state index is 0. The van der Waals surface area contributed by atoms with E-state index in [4.69, 9.17) is 0 Å². The zero-order chi connectivity index (χ0) is 9.07. The Morgan fingerprint density at radius 1 is 1.08 bits per heavy atom. The van der Waals surface area contributed by atoms with Crippen molar-refractivity contribution in [2.45, 2.75) is 13.8 Å². The first kappa shape index (κ1) is 14.3. The third-order valence-electron chi connectivity index (χ3n) is 0.933. The predicted molar refractivity (Wildman–Crippen MR) is 55.5 cm³/mol. The molecular weight excluding hydrogens is 196 g/mol. The molecule has 0 aliphatic carbocycles. The summed E-state index contributed by atoms with van der Waals surface area (Å²) < 4.78 is 22.3. The van der Waals surface area contributed by atoms with Crippen LogP contribution in [0.15, 0.2) is 24.3 Å². The fourth-order valence-corrected chi connectivity index (χ4v) is 2.41. The van der Waals surface area contributed by atoms with Crippen LogP contribution >= 0.6 is 12.4 Å². The van der Waals surface area contributed by atoms with Crippen molar-refractivity contribution in [2.24, 2.45) is 0 Å². The van der Waals surface area contributed by atoms with Gasteiger partial charge < -0.3 is 0 Å². The van der Waals surface area contributed by atoms with Gasteiger partial charge in [0.15, 0.2) is 9.84 Å². The summed E-state index contributed by atoms with van der Waals surface area (Å²) in [5.74, 6) is 0.139. The SMILES string of the molecule is C=C(C)CS(=O)(=O)CC(=C)C.Cl. The van der Waals surface area contributed by atoms with Crippen molar-refractivity contribution >= 4 is 22.2 Å². The fourth-order valence-electron chi connectivity index (χ4n) is 0.802. The van der Waals surface area contributed by atoms with E-state index in [0.29, 0.717) is 11.1 Å². The van der Waals surface area contributed by atoms with E-state index >= 15 is 0 Å². The second kappa shape index (κ2) is 5.38. The lowest BCUT2D eigenvalue weighted by molar-refractivity contribution is 0.600. The number of hydrogen-bond acceptors (Lipinski definition) is 2. The molecule has 2 nitrogen and oxygen atoms in total. The lowest BCUT2D eigenvalue weighted by atomic mass is 10.4. The molecule has 0 bridgehead atoms. The second-order valence-corrected chi connectivity index (χ2v) is 5.01. The maximum Gasteiger partial charge on any atom is 0.157 e. The van der Waals surface area contributed by atoms with Crippen molar-refractivity contribution in [1.29, 1.82) is 0 Å². The Kier molecular flexibility index (Phi) is 6.39. The molecule has 0 heterocycles. The monoisotopic (exact) mass is 210 g/mol. The van der Waals surface area contributed by atoms with Crippen molar-refractivity contribution in [1.82, 2.24) is 0 Å². The lowest BCUT2D eigenvalue weighted by Crippen LogP contribution is -2.11. The van der Waals surface area contributed by atoms with Crippen molar-refractivity contribution in [3.63, 3.8) is 0 Å². The quantitative estimate of drug-likeness (QED) is 0.665. The van der Waals surface area contributed by atoms with Crippen LogP contribution in [0.2, 0.25) is 0 Å². The van der Waals surface area contributed by atoms with Gasteiger partial charge >= 0.3 is 0 Å². The smallest absolute Gasteiger partial charge is 0.157 e. The maximum absolute atomic E-state index is 11.1. The topological polar surface area (TPSA) is 34.1 Å². The highest BCUT2D eigenvalue weighted by molar-refractivity contribution is 7.91. The number of hydrogen-bond donors (Lipinski definition) is 0. The van der Waals surface area contributed by atoms with E-state index in [9.17, 15) is 8.42 Å². The molecule has 0 saturated heterocycles. The molecule has 0 spiro atoms. The summed E-state index contributed by atoms with van der Waals surface area (Å²) in [5, 5.41) is 0. The van der Waals surface area contributed by atoms with Crippen molar-refractivity contribution in [3.8, 4) is 0 Å². The molecule has 0 unspecified atom stereocenters. The highest BCUT2D eigenvalue weighted by Crippen LogP contribution is 2.02. The first-order chi connectivity index (χ1) is 4.83. The van der Waals surface area contributed by atoms with Crippen LogP contribution in [0, 0.1) is 0 Å². The van der Waals surface area contributed by atoms with Gasteiger partial charge in [0, 0.05) is 0 Å². The normalized spacial score (nSPS) is 10.2. The molecule has 0 aromatic heterocycles. The molecule has 0 aromatic rings. The van der Waals surface area contributed by atoms with Crippen LogP contribution in [-0.2, 0) is 9.84 Å². The van der Waals surface area contributed by atoms with Gasteiger partial charge in [-0.15, -0.1) is 12.4 Å². The summed E-state index contributed by atoms with van der Waals surface area (Å²) in [7, 11) is -2.98. The predicted octanol–water partition coefficient (Wildman–Crippen LogP) is 1.98. The molecular formula is C8H15ClO2S. The van der Waals surface area contributed by atoms with E-state index in [1.165, 1.54) is 0 Å². The molecule has 0 aromatic carbocycles. The number of sulfone groups is 1. The molecule has 0 aliphatic heterocycles. The van der Waals surface area contributed by atoms with Crippen LogP contribution in [-0.4, -0.2) is 19.9 Å². The molecule has 0 radical (unpaired) electrons. The Bertz CT molecular complexity index is 243. The summed E-state index contributed by atoms with van der Waals surface area (Å²) in [6.07, 6.45) is 0. The molecule has 0 fully saturated rings. The average Bonchev–Trinajstić information content (AvgIpc) is 1.53. The third kappa shape index (κ3) is 7.82. The van der Waals surface area contributed by atoms with Crippen LogP contribution in [0.5, 0.6) is 0 Å². The van der Waals surface area contributed by atoms with Gasteiger partial charge in [-0.2, -0.15) is 0 Å². The summed E-state index contributed by atoms with van der Waals surface area (Å²) in [6, 6.07) is 0. The zero-order valence-corrected chi connectivity index (χ0v) is 9.09. The largest absolute Gasteiger partial charge is 0.228 e. The van der Waals surface area contributed by atoms with E-state index in [1.807, 2.05) is 0 Å². The van der Waals surface area contributed by atoms with E-state index < -0.39 is 9.84 Å². The van der Waals surface area contributed by atoms with Crippen LogP contribution in [0.3, 0.4) is 0 Å². The van der Waals surface area contributed by atoms with Crippen LogP contribution < -0.4 is 0 Å². The minimum Gasteiger partial charge on any atom is -0.228 e. The molecule has 0 N–H and O–H groups in total. The van der Waals surface area contributed by atoms with Crippen molar-refractivity contribution in [3.05, 3.63) is 24.3 Å². The van der Waals surface area contributed by atoms with E-state index in [2.05, 4.69) is 13.2 Å². The van der Waals surface area contributed by atoms with Gasteiger partial charge in [0.2, 0.25) is 0 Å². The van der Waals surface area contributed by atoms with Crippen LogP contribution in [0.25, 0.3) is 0 Å². The highest BCUT2D eigenvalue weighted by Gasteiger charge is 2.09.